The summed E-state index contributed by atoms with van der Waals surface area (Å²) in [7, 11) is 0. The Labute approximate surface area is 91.3 Å². The SMILES string of the molecule is CCOc1ccc(CCCCC=O)cc1. The third-order valence-corrected chi connectivity index (χ3v) is 2.27. The van der Waals surface area contributed by atoms with E-state index in [1.807, 2.05) is 19.1 Å². The minimum Gasteiger partial charge on any atom is -0.494 e. The van der Waals surface area contributed by atoms with Crippen LogP contribution in [0.2, 0.25) is 0 Å². The molecule has 0 fully saturated rings. The van der Waals surface area contributed by atoms with Gasteiger partial charge in [-0.2, -0.15) is 0 Å². The van der Waals surface area contributed by atoms with E-state index in [1.165, 1.54) is 5.56 Å². The molecular formula is C13H18O2. The quantitative estimate of drug-likeness (QED) is 0.506. The Morgan fingerprint density at radius 3 is 2.53 bits per heavy atom. The van der Waals surface area contributed by atoms with Crippen molar-refractivity contribution in [3.63, 3.8) is 0 Å². The summed E-state index contributed by atoms with van der Waals surface area (Å²) in [6, 6.07) is 8.18. The van der Waals surface area contributed by atoms with E-state index in [1.54, 1.807) is 0 Å². The third kappa shape index (κ3) is 4.63. The van der Waals surface area contributed by atoms with Crippen LogP contribution in [0.15, 0.2) is 24.3 Å². The number of rotatable bonds is 7. The molecule has 82 valence electrons. The maximum atomic E-state index is 10.1. The Morgan fingerprint density at radius 2 is 1.93 bits per heavy atom. The van der Waals surface area contributed by atoms with Crippen LogP contribution in [-0.2, 0) is 11.2 Å². The maximum Gasteiger partial charge on any atom is 0.119 e. The first kappa shape index (κ1) is 11.8. The van der Waals surface area contributed by atoms with E-state index in [9.17, 15) is 4.79 Å². The number of aldehydes is 1. The molecule has 0 atom stereocenters. The van der Waals surface area contributed by atoms with Gasteiger partial charge in [-0.3, -0.25) is 0 Å². The van der Waals surface area contributed by atoms with Gasteiger partial charge in [-0.05, 0) is 43.9 Å². The van der Waals surface area contributed by atoms with Crippen LogP contribution in [0.3, 0.4) is 0 Å². The molecule has 0 saturated heterocycles. The minimum absolute atomic E-state index is 0.678. The average molecular weight is 206 g/mol. The number of carbonyl (C=O) groups is 1. The first-order valence-electron chi connectivity index (χ1n) is 5.52. The fourth-order valence-corrected chi connectivity index (χ4v) is 1.48. The molecule has 0 saturated carbocycles. The number of hydrogen-bond donors (Lipinski definition) is 0. The predicted molar refractivity (Wildman–Crippen MR) is 61.2 cm³/mol. The van der Waals surface area contributed by atoms with Gasteiger partial charge in [0.25, 0.3) is 0 Å². The molecule has 0 unspecified atom stereocenters. The molecule has 2 nitrogen and oxygen atoms in total. The standard InChI is InChI=1S/C13H18O2/c1-2-15-13-9-7-12(8-10-13)6-4-3-5-11-14/h7-11H,2-6H2,1H3. The van der Waals surface area contributed by atoms with Gasteiger partial charge in [0, 0.05) is 6.42 Å². The van der Waals surface area contributed by atoms with Crippen LogP contribution in [0, 0.1) is 0 Å². The van der Waals surface area contributed by atoms with Crippen molar-refractivity contribution in [3.8, 4) is 5.75 Å². The van der Waals surface area contributed by atoms with Crippen molar-refractivity contribution in [2.75, 3.05) is 6.61 Å². The Kier molecular flexibility index (Phi) is 5.52. The van der Waals surface area contributed by atoms with Gasteiger partial charge in [0.15, 0.2) is 0 Å². The summed E-state index contributed by atoms with van der Waals surface area (Å²) >= 11 is 0. The van der Waals surface area contributed by atoms with E-state index >= 15 is 0 Å². The van der Waals surface area contributed by atoms with Gasteiger partial charge >= 0.3 is 0 Å². The van der Waals surface area contributed by atoms with Crippen LogP contribution in [0.1, 0.15) is 31.7 Å². The molecule has 0 N–H and O–H groups in total. The van der Waals surface area contributed by atoms with Gasteiger partial charge in [-0.25, -0.2) is 0 Å². The first-order valence-corrected chi connectivity index (χ1v) is 5.52. The van der Waals surface area contributed by atoms with Gasteiger partial charge in [0.1, 0.15) is 12.0 Å². The summed E-state index contributed by atoms with van der Waals surface area (Å²) in [6.07, 6.45) is 4.76. The lowest BCUT2D eigenvalue weighted by Crippen LogP contribution is -1.92. The summed E-state index contributed by atoms with van der Waals surface area (Å²) in [4.78, 5) is 10.1. The number of aryl methyl sites for hydroxylation is 1. The van der Waals surface area contributed by atoms with Gasteiger partial charge in [0.2, 0.25) is 0 Å². The molecule has 0 spiro atoms. The summed E-state index contributed by atoms with van der Waals surface area (Å²) in [5.74, 6) is 0.925. The summed E-state index contributed by atoms with van der Waals surface area (Å²) < 4.78 is 5.36. The van der Waals surface area contributed by atoms with Gasteiger partial charge in [-0.1, -0.05) is 12.1 Å². The molecule has 0 aliphatic rings. The second-order valence-electron chi connectivity index (χ2n) is 3.49. The Balaban J connectivity index is 2.32. The summed E-state index contributed by atoms with van der Waals surface area (Å²) in [5, 5.41) is 0. The molecule has 0 amide bonds. The van der Waals surface area contributed by atoms with Crippen LogP contribution >= 0.6 is 0 Å². The van der Waals surface area contributed by atoms with Crippen LogP contribution in [0.5, 0.6) is 5.75 Å². The molecule has 0 heterocycles. The molecule has 0 aliphatic carbocycles. The fourth-order valence-electron chi connectivity index (χ4n) is 1.48. The van der Waals surface area contributed by atoms with Crippen molar-refractivity contribution in [3.05, 3.63) is 29.8 Å². The van der Waals surface area contributed by atoms with Crippen molar-refractivity contribution >= 4 is 6.29 Å². The molecule has 1 rings (SSSR count). The third-order valence-electron chi connectivity index (χ3n) is 2.27. The zero-order valence-electron chi connectivity index (χ0n) is 9.24. The highest BCUT2D eigenvalue weighted by atomic mass is 16.5. The van der Waals surface area contributed by atoms with Crippen molar-refractivity contribution in [2.45, 2.75) is 32.6 Å². The Morgan fingerprint density at radius 1 is 1.20 bits per heavy atom. The van der Waals surface area contributed by atoms with Crippen LogP contribution in [0.25, 0.3) is 0 Å². The van der Waals surface area contributed by atoms with E-state index in [-0.39, 0.29) is 0 Å². The highest BCUT2D eigenvalue weighted by molar-refractivity contribution is 5.48. The van der Waals surface area contributed by atoms with Gasteiger partial charge < -0.3 is 9.53 Å². The van der Waals surface area contributed by atoms with Crippen molar-refractivity contribution < 1.29 is 9.53 Å². The lowest BCUT2D eigenvalue weighted by atomic mass is 10.1. The number of carbonyl (C=O) groups excluding carboxylic acids is 1. The Bertz CT molecular complexity index is 277. The zero-order valence-corrected chi connectivity index (χ0v) is 9.24. The van der Waals surface area contributed by atoms with Crippen LogP contribution < -0.4 is 4.74 Å². The van der Waals surface area contributed by atoms with Gasteiger partial charge in [-0.15, -0.1) is 0 Å². The number of hydrogen-bond acceptors (Lipinski definition) is 2. The van der Waals surface area contributed by atoms with E-state index in [0.29, 0.717) is 13.0 Å². The van der Waals surface area contributed by atoms with Crippen molar-refractivity contribution in [2.24, 2.45) is 0 Å². The van der Waals surface area contributed by atoms with Crippen molar-refractivity contribution in [1.29, 1.82) is 0 Å². The monoisotopic (exact) mass is 206 g/mol. The Hall–Kier alpha value is -1.31. The number of benzene rings is 1. The topological polar surface area (TPSA) is 26.3 Å². The molecule has 0 aliphatic heterocycles. The molecule has 0 radical (unpaired) electrons. The van der Waals surface area contributed by atoms with E-state index in [2.05, 4.69) is 12.1 Å². The van der Waals surface area contributed by atoms with Crippen molar-refractivity contribution in [1.82, 2.24) is 0 Å². The molecule has 0 aromatic heterocycles. The number of unbranched alkanes of at least 4 members (excludes halogenated alkanes) is 2. The lowest BCUT2D eigenvalue weighted by molar-refractivity contribution is -0.107. The molecule has 15 heavy (non-hydrogen) atoms. The normalized spacial score (nSPS) is 9.93. The predicted octanol–water partition coefficient (Wildman–Crippen LogP) is 3.00. The first-order chi connectivity index (χ1) is 7.36. The second-order valence-corrected chi connectivity index (χ2v) is 3.49. The summed E-state index contributed by atoms with van der Waals surface area (Å²) in [6.45, 7) is 2.69. The van der Waals surface area contributed by atoms with E-state index < -0.39 is 0 Å². The maximum absolute atomic E-state index is 10.1. The molecule has 1 aromatic rings. The number of ether oxygens (including phenoxy) is 1. The largest absolute Gasteiger partial charge is 0.494 e. The minimum atomic E-state index is 0.678. The van der Waals surface area contributed by atoms with Crippen LogP contribution in [0.4, 0.5) is 0 Å². The fraction of sp³-hybridized carbons (Fsp3) is 0.462. The smallest absolute Gasteiger partial charge is 0.119 e. The molecule has 1 aromatic carbocycles. The average Bonchev–Trinajstić information content (AvgIpc) is 2.27. The van der Waals surface area contributed by atoms with E-state index in [0.717, 1.165) is 31.3 Å². The summed E-state index contributed by atoms with van der Waals surface area (Å²) in [5.41, 5.74) is 1.31. The highest BCUT2D eigenvalue weighted by Crippen LogP contribution is 2.13. The molecule has 0 bridgehead atoms. The zero-order chi connectivity index (χ0) is 10.9. The van der Waals surface area contributed by atoms with Crippen LogP contribution in [-0.4, -0.2) is 12.9 Å². The molecule has 2 heteroatoms. The van der Waals surface area contributed by atoms with E-state index in [4.69, 9.17) is 4.74 Å². The van der Waals surface area contributed by atoms with Gasteiger partial charge in [0.05, 0.1) is 6.61 Å². The second kappa shape index (κ2) is 7.04. The lowest BCUT2D eigenvalue weighted by Gasteiger charge is -2.04. The molecular weight excluding hydrogens is 188 g/mol. The highest BCUT2D eigenvalue weighted by Gasteiger charge is 1.95.